The van der Waals surface area contributed by atoms with Gasteiger partial charge in [-0.2, -0.15) is 0 Å². The zero-order chi connectivity index (χ0) is 17.9. The van der Waals surface area contributed by atoms with E-state index < -0.39 is 5.60 Å². The first-order valence-electron chi connectivity index (χ1n) is 8.99. The highest BCUT2D eigenvalue weighted by Crippen LogP contribution is 2.28. The van der Waals surface area contributed by atoms with Crippen molar-refractivity contribution in [2.75, 3.05) is 39.9 Å². The van der Waals surface area contributed by atoms with Crippen LogP contribution in [0.4, 0.5) is 9.18 Å². The lowest BCUT2D eigenvalue weighted by Crippen LogP contribution is -2.51. The highest BCUT2D eigenvalue weighted by atomic mass is 19.1. The Kier molecular flexibility index (Phi) is 5.59. The third-order valence-corrected chi connectivity index (χ3v) is 5.40. The molecule has 1 unspecified atom stereocenters. The summed E-state index contributed by atoms with van der Waals surface area (Å²) >= 11 is 0. The zero-order valence-electron chi connectivity index (χ0n) is 14.8. The number of ether oxygens (including phenoxy) is 1. The number of halogens is 1. The van der Waals surface area contributed by atoms with Gasteiger partial charge in [-0.15, -0.1) is 0 Å². The summed E-state index contributed by atoms with van der Waals surface area (Å²) in [5.74, 6) is 0.132. The second kappa shape index (κ2) is 7.70. The average Bonchev–Trinajstić information content (AvgIpc) is 3.06. The summed E-state index contributed by atoms with van der Waals surface area (Å²) in [6, 6.07) is 6.61. The number of likely N-dealkylation sites (tertiary alicyclic amines) is 2. The summed E-state index contributed by atoms with van der Waals surface area (Å²) in [4.78, 5) is 16.3. The Bertz CT molecular complexity index is 602. The van der Waals surface area contributed by atoms with Crippen LogP contribution in [-0.2, 0) is 11.2 Å². The van der Waals surface area contributed by atoms with E-state index in [1.165, 1.54) is 6.07 Å². The topological polar surface area (TPSA) is 53.0 Å². The smallest absolute Gasteiger partial charge is 0.320 e. The second-order valence-electron chi connectivity index (χ2n) is 7.32. The van der Waals surface area contributed by atoms with Crippen molar-refractivity contribution in [1.82, 2.24) is 9.80 Å². The Morgan fingerprint density at radius 1 is 1.28 bits per heavy atom. The molecule has 0 radical (unpaired) electrons. The molecule has 2 aliphatic heterocycles. The number of urea groups is 1. The molecular weight excluding hydrogens is 323 g/mol. The van der Waals surface area contributed by atoms with Crippen LogP contribution in [0, 0.1) is 11.7 Å². The van der Waals surface area contributed by atoms with Gasteiger partial charge < -0.3 is 19.6 Å². The van der Waals surface area contributed by atoms with Crippen molar-refractivity contribution in [3.63, 3.8) is 0 Å². The maximum Gasteiger partial charge on any atom is 0.320 e. The van der Waals surface area contributed by atoms with Gasteiger partial charge >= 0.3 is 6.03 Å². The van der Waals surface area contributed by atoms with Crippen LogP contribution in [0.3, 0.4) is 0 Å². The fourth-order valence-corrected chi connectivity index (χ4v) is 3.87. The van der Waals surface area contributed by atoms with Crippen molar-refractivity contribution >= 4 is 6.03 Å². The SMILES string of the molecule is COCC1CCN(C(=O)N2CCC(O)(Cc3ccccc3F)CC2)C1. The molecule has 1 atom stereocenters. The van der Waals surface area contributed by atoms with E-state index in [2.05, 4.69) is 0 Å². The van der Waals surface area contributed by atoms with E-state index in [0.29, 0.717) is 50.4 Å². The number of hydrogen-bond donors (Lipinski definition) is 1. The maximum atomic E-state index is 13.8. The van der Waals surface area contributed by atoms with Crippen molar-refractivity contribution < 1.29 is 19.0 Å². The van der Waals surface area contributed by atoms with Gasteiger partial charge in [-0.05, 0) is 30.9 Å². The highest BCUT2D eigenvalue weighted by Gasteiger charge is 2.37. The molecule has 6 heteroatoms. The normalized spacial score (nSPS) is 23.1. The van der Waals surface area contributed by atoms with Gasteiger partial charge in [0, 0.05) is 45.6 Å². The molecule has 25 heavy (non-hydrogen) atoms. The van der Waals surface area contributed by atoms with E-state index >= 15 is 0 Å². The van der Waals surface area contributed by atoms with Crippen molar-refractivity contribution in [2.24, 2.45) is 5.92 Å². The van der Waals surface area contributed by atoms with Crippen LogP contribution in [-0.4, -0.2) is 66.4 Å². The van der Waals surface area contributed by atoms with Crippen molar-refractivity contribution in [1.29, 1.82) is 0 Å². The molecular formula is C19H27FN2O3. The minimum absolute atomic E-state index is 0.0477. The van der Waals surface area contributed by atoms with Crippen molar-refractivity contribution in [3.8, 4) is 0 Å². The van der Waals surface area contributed by atoms with Gasteiger partial charge in [-0.25, -0.2) is 9.18 Å². The molecule has 0 aromatic heterocycles. The van der Waals surface area contributed by atoms with E-state index in [4.69, 9.17) is 4.74 Å². The van der Waals surface area contributed by atoms with Crippen LogP contribution in [0.1, 0.15) is 24.8 Å². The number of benzene rings is 1. The van der Waals surface area contributed by atoms with Crippen molar-refractivity contribution in [3.05, 3.63) is 35.6 Å². The number of methoxy groups -OCH3 is 1. The summed E-state index contributed by atoms with van der Waals surface area (Å²) in [5, 5.41) is 10.8. The third kappa shape index (κ3) is 4.30. The lowest BCUT2D eigenvalue weighted by molar-refractivity contribution is -0.0149. The number of nitrogens with zero attached hydrogens (tertiary/aromatic N) is 2. The van der Waals surface area contributed by atoms with Gasteiger partial charge in [0.2, 0.25) is 0 Å². The van der Waals surface area contributed by atoms with Crippen LogP contribution < -0.4 is 0 Å². The minimum Gasteiger partial charge on any atom is -0.389 e. The molecule has 1 N–H and O–H groups in total. The molecule has 0 spiro atoms. The molecule has 0 saturated carbocycles. The Hall–Kier alpha value is -1.66. The number of hydrogen-bond acceptors (Lipinski definition) is 3. The monoisotopic (exact) mass is 350 g/mol. The van der Waals surface area contributed by atoms with Gasteiger partial charge in [0.15, 0.2) is 0 Å². The molecule has 1 aromatic rings. The van der Waals surface area contributed by atoms with E-state index in [0.717, 1.165) is 19.5 Å². The average molecular weight is 350 g/mol. The number of carbonyl (C=O) groups excluding carboxylic acids is 1. The molecule has 138 valence electrons. The molecule has 2 amide bonds. The molecule has 2 fully saturated rings. The minimum atomic E-state index is -0.942. The first kappa shape index (κ1) is 18.1. The Balaban J connectivity index is 1.53. The first-order valence-corrected chi connectivity index (χ1v) is 8.99. The predicted molar refractivity (Wildman–Crippen MR) is 92.8 cm³/mol. The van der Waals surface area contributed by atoms with Crippen LogP contribution in [0.25, 0.3) is 0 Å². The summed E-state index contributed by atoms with van der Waals surface area (Å²) in [6.45, 7) is 3.21. The van der Waals surface area contributed by atoms with Crippen LogP contribution in [0.2, 0.25) is 0 Å². The largest absolute Gasteiger partial charge is 0.389 e. The molecule has 2 aliphatic rings. The van der Waals surface area contributed by atoms with E-state index in [-0.39, 0.29) is 11.8 Å². The molecule has 3 rings (SSSR count). The van der Waals surface area contributed by atoms with E-state index in [9.17, 15) is 14.3 Å². The molecule has 2 saturated heterocycles. The molecule has 1 aromatic carbocycles. The molecule has 5 nitrogen and oxygen atoms in total. The third-order valence-electron chi connectivity index (χ3n) is 5.40. The van der Waals surface area contributed by atoms with Gasteiger partial charge in [0.25, 0.3) is 0 Å². The predicted octanol–water partition coefficient (Wildman–Crippen LogP) is 2.28. The van der Waals surface area contributed by atoms with Gasteiger partial charge in [0.1, 0.15) is 5.82 Å². The quantitative estimate of drug-likeness (QED) is 0.906. The standard InChI is InChI=1S/C19H27FN2O3/c1-25-14-15-6-9-22(13-15)18(23)21-10-7-19(24,8-11-21)12-16-4-2-3-5-17(16)20/h2-5,15,24H,6-14H2,1H3. The number of rotatable bonds is 4. The van der Waals surface area contributed by atoms with Crippen LogP contribution >= 0.6 is 0 Å². The zero-order valence-corrected chi connectivity index (χ0v) is 14.8. The summed E-state index contributed by atoms with van der Waals surface area (Å²) in [7, 11) is 1.69. The highest BCUT2D eigenvalue weighted by molar-refractivity contribution is 5.75. The Labute approximate surface area is 148 Å². The van der Waals surface area contributed by atoms with Crippen LogP contribution in [0.15, 0.2) is 24.3 Å². The molecule has 0 bridgehead atoms. The number of piperidine rings is 1. The molecule has 0 aliphatic carbocycles. The summed E-state index contributed by atoms with van der Waals surface area (Å²) in [6.07, 6.45) is 2.22. The van der Waals surface area contributed by atoms with E-state index in [1.807, 2.05) is 9.80 Å². The number of amides is 2. The fourth-order valence-electron chi connectivity index (χ4n) is 3.87. The van der Waals surface area contributed by atoms with Crippen LogP contribution in [0.5, 0.6) is 0 Å². The molecule has 2 heterocycles. The summed E-state index contributed by atoms with van der Waals surface area (Å²) < 4.78 is 19.0. The first-order chi connectivity index (χ1) is 12.0. The Morgan fingerprint density at radius 2 is 2.00 bits per heavy atom. The Morgan fingerprint density at radius 3 is 2.68 bits per heavy atom. The fraction of sp³-hybridized carbons (Fsp3) is 0.632. The second-order valence-corrected chi connectivity index (χ2v) is 7.32. The number of carbonyl (C=O) groups is 1. The van der Waals surface area contributed by atoms with Crippen molar-refractivity contribution in [2.45, 2.75) is 31.3 Å². The maximum absolute atomic E-state index is 13.8. The van der Waals surface area contributed by atoms with Gasteiger partial charge in [0.05, 0.1) is 12.2 Å². The lowest BCUT2D eigenvalue weighted by Gasteiger charge is -2.39. The lowest BCUT2D eigenvalue weighted by atomic mass is 9.85. The van der Waals surface area contributed by atoms with Gasteiger partial charge in [-0.3, -0.25) is 0 Å². The van der Waals surface area contributed by atoms with E-state index in [1.54, 1.807) is 25.3 Å². The summed E-state index contributed by atoms with van der Waals surface area (Å²) in [5.41, 5.74) is -0.408. The van der Waals surface area contributed by atoms with Gasteiger partial charge in [-0.1, -0.05) is 18.2 Å². The number of aliphatic hydroxyl groups is 1.